The largest absolute Gasteiger partial charge is 0.481 e. The van der Waals surface area contributed by atoms with Crippen LogP contribution < -0.4 is 0 Å². The van der Waals surface area contributed by atoms with E-state index in [1.807, 2.05) is 0 Å². The fraction of sp³-hybridized carbons (Fsp3) is 0.838. The topological polar surface area (TPSA) is 63.6 Å². The van der Waals surface area contributed by atoms with E-state index in [4.69, 9.17) is 9.84 Å². The predicted molar refractivity (Wildman–Crippen MR) is 176 cm³/mol. The number of hydrogen-bond acceptors (Lipinski definition) is 3. The Hall–Kier alpha value is -1.58. The lowest BCUT2D eigenvalue weighted by molar-refractivity contribution is -0.144. The molecule has 0 fully saturated rings. The van der Waals surface area contributed by atoms with Gasteiger partial charge in [-0.15, -0.1) is 0 Å². The third-order valence-corrected chi connectivity index (χ3v) is 7.88. The molecule has 0 amide bonds. The van der Waals surface area contributed by atoms with E-state index in [-0.39, 0.29) is 5.97 Å². The normalized spacial score (nSPS) is 11.6. The summed E-state index contributed by atoms with van der Waals surface area (Å²) in [5, 5.41) is 8.63. The summed E-state index contributed by atoms with van der Waals surface area (Å²) in [5.74, 6) is -0.674. The zero-order valence-electron chi connectivity index (χ0n) is 27.2. The number of rotatable bonds is 33. The average molecular weight is 577 g/mol. The molecule has 0 unspecified atom stereocenters. The lowest BCUT2D eigenvalue weighted by Gasteiger charge is -2.05. The van der Waals surface area contributed by atoms with E-state index in [0.29, 0.717) is 19.4 Å². The van der Waals surface area contributed by atoms with Crippen molar-refractivity contribution in [2.75, 3.05) is 6.61 Å². The predicted octanol–water partition coefficient (Wildman–Crippen LogP) is 12.1. The molecule has 0 rings (SSSR count). The molecule has 41 heavy (non-hydrogen) atoms. The molecule has 0 heterocycles. The van der Waals surface area contributed by atoms with Gasteiger partial charge in [0.15, 0.2) is 0 Å². The molecule has 0 saturated heterocycles. The number of carbonyl (C=O) groups excluding carboxylic acids is 1. The molecule has 0 saturated carbocycles. The minimum absolute atomic E-state index is 0.00794. The number of allylic oxidation sites excluding steroid dienone is 4. The molecule has 4 heteroatoms. The summed E-state index contributed by atoms with van der Waals surface area (Å²) in [6.45, 7) is 2.85. The van der Waals surface area contributed by atoms with Gasteiger partial charge in [-0.2, -0.15) is 0 Å². The summed E-state index contributed by atoms with van der Waals surface area (Å²) in [5.41, 5.74) is 0. The third-order valence-electron chi connectivity index (χ3n) is 7.88. The molecular formula is C37H68O4. The lowest BCUT2D eigenvalue weighted by atomic mass is 10.0. The standard InChI is InChI=1S/C37H68O4/c1-2-3-4-5-6-7-8-9-12-16-19-22-25-28-31-34-37(40)41-35-32-29-26-23-20-17-14-11-10-13-15-18-21-24-27-30-33-36(38)39/h6-7,9,12H,2-5,8,10-11,13-35H2,1H3,(H,38,39)/b7-6-,12-9-. The Labute approximate surface area is 255 Å². The first-order chi connectivity index (χ1) is 20.2. The Balaban J connectivity index is 3.21. The fourth-order valence-electron chi connectivity index (χ4n) is 5.19. The van der Waals surface area contributed by atoms with E-state index in [9.17, 15) is 9.59 Å². The minimum atomic E-state index is -0.666. The summed E-state index contributed by atoms with van der Waals surface area (Å²) in [4.78, 5) is 22.4. The number of hydrogen-bond donors (Lipinski definition) is 1. The summed E-state index contributed by atoms with van der Waals surface area (Å²) in [6, 6.07) is 0. The highest BCUT2D eigenvalue weighted by atomic mass is 16.5. The molecule has 0 aromatic carbocycles. The molecule has 0 aliphatic heterocycles. The van der Waals surface area contributed by atoms with Gasteiger partial charge < -0.3 is 9.84 Å². The van der Waals surface area contributed by atoms with Gasteiger partial charge in [0.1, 0.15) is 0 Å². The van der Waals surface area contributed by atoms with Crippen LogP contribution >= 0.6 is 0 Å². The van der Waals surface area contributed by atoms with Gasteiger partial charge in [0.25, 0.3) is 0 Å². The SMILES string of the molecule is CCCCC/C=C\C/C=C\CCCCCCCC(=O)OCCCCCCCCCCCCCCCCCCC(=O)O. The van der Waals surface area contributed by atoms with Gasteiger partial charge in [-0.05, 0) is 51.4 Å². The van der Waals surface area contributed by atoms with Crippen LogP contribution in [0.25, 0.3) is 0 Å². The number of aliphatic carboxylic acids is 1. The molecule has 0 bridgehead atoms. The second kappa shape index (κ2) is 34.6. The highest BCUT2D eigenvalue weighted by Gasteiger charge is 2.02. The van der Waals surface area contributed by atoms with Gasteiger partial charge in [0.05, 0.1) is 6.61 Å². The molecule has 0 aromatic heterocycles. The van der Waals surface area contributed by atoms with Crippen LogP contribution in [0.5, 0.6) is 0 Å². The third kappa shape index (κ3) is 36.4. The van der Waals surface area contributed by atoms with Crippen LogP contribution in [-0.4, -0.2) is 23.7 Å². The second-order valence-corrected chi connectivity index (χ2v) is 12.0. The minimum Gasteiger partial charge on any atom is -0.481 e. The molecule has 0 aromatic rings. The molecule has 0 aliphatic carbocycles. The number of carboxylic acid groups (broad SMARTS) is 1. The van der Waals surface area contributed by atoms with Gasteiger partial charge in [0, 0.05) is 12.8 Å². The quantitative estimate of drug-likeness (QED) is 0.0479. The van der Waals surface area contributed by atoms with Gasteiger partial charge in [-0.25, -0.2) is 0 Å². The Morgan fingerprint density at radius 1 is 0.488 bits per heavy atom. The summed E-state index contributed by atoms with van der Waals surface area (Å²) < 4.78 is 5.42. The first-order valence-corrected chi connectivity index (χ1v) is 17.8. The van der Waals surface area contributed by atoms with Gasteiger partial charge in [0.2, 0.25) is 0 Å². The van der Waals surface area contributed by atoms with E-state index >= 15 is 0 Å². The zero-order chi connectivity index (χ0) is 29.9. The van der Waals surface area contributed by atoms with Crippen LogP contribution in [0.1, 0.15) is 193 Å². The monoisotopic (exact) mass is 577 g/mol. The van der Waals surface area contributed by atoms with Crippen LogP contribution in [0.4, 0.5) is 0 Å². The number of carboxylic acids is 1. The number of esters is 1. The van der Waals surface area contributed by atoms with E-state index < -0.39 is 5.97 Å². The molecular weight excluding hydrogens is 508 g/mol. The number of unbranched alkanes of at least 4 members (excludes halogenated alkanes) is 23. The zero-order valence-corrected chi connectivity index (χ0v) is 27.2. The highest BCUT2D eigenvalue weighted by Crippen LogP contribution is 2.14. The number of carbonyl (C=O) groups is 2. The molecule has 0 atom stereocenters. The summed E-state index contributed by atoms with van der Waals surface area (Å²) in [6.07, 6.45) is 43.2. The average Bonchev–Trinajstić information content (AvgIpc) is 2.96. The Morgan fingerprint density at radius 2 is 0.878 bits per heavy atom. The van der Waals surface area contributed by atoms with Crippen molar-refractivity contribution in [3.63, 3.8) is 0 Å². The van der Waals surface area contributed by atoms with Crippen molar-refractivity contribution in [3.8, 4) is 0 Å². The van der Waals surface area contributed by atoms with Crippen molar-refractivity contribution >= 4 is 11.9 Å². The maximum absolute atomic E-state index is 11.9. The van der Waals surface area contributed by atoms with Crippen LogP contribution in [0.15, 0.2) is 24.3 Å². The molecule has 0 spiro atoms. The molecule has 1 N–H and O–H groups in total. The molecule has 4 nitrogen and oxygen atoms in total. The van der Waals surface area contributed by atoms with Crippen LogP contribution in [-0.2, 0) is 14.3 Å². The van der Waals surface area contributed by atoms with E-state index in [0.717, 1.165) is 38.5 Å². The van der Waals surface area contributed by atoms with E-state index in [1.54, 1.807) is 0 Å². The maximum Gasteiger partial charge on any atom is 0.305 e. The molecule has 240 valence electrons. The summed E-state index contributed by atoms with van der Waals surface area (Å²) in [7, 11) is 0. The van der Waals surface area contributed by atoms with Crippen molar-refractivity contribution in [1.82, 2.24) is 0 Å². The van der Waals surface area contributed by atoms with Crippen molar-refractivity contribution in [2.24, 2.45) is 0 Å². The van der Waals surface area contributed by atoms with E-state index in [2.05, 4.69) is 31.2 Å². The van der Waals surface area contributed by atoms with Gasteiger partial charge in [-0.3, -0.25) is 9.59 Å². The Kier molecular flexibility index (Phi) is 33.3. The van der Waals surface area contributed by atoms with Crippen molar-refractivity contribution in [1.29, 1.82) is 0 Å². The Morgan fingerprint density at radius 3 is 1.34 bits per heavy atom. The first kappa shape index (κ1) is 39.4. The van der Waals surface area contributed by atoms with Crippen molar-refractivity contribution in [2.45, 2.75) is 193 Å². The van der Waals surface area contributed by atoms with E-state index in [1.165, 1.54) is 135 Å². The smallest absolute Gasteiger partial charge is 0.305 e. The van der Waals surface area contributed by atoms with Crippen molar-refractivity contribution < 1.29 is 19.4 Å². The van der Waals surface area contributed by atoms with Crippen LogP contribution in [0.3, 0.4) is 0 Å². The fourth-order valence-corrected chi connectivity index (χ4v) is 5.19. The highest BCUT2D eigenvalue weighted by molar-refractivity contribution is 5.69. The number of ether oxygens (including phenoxy) is 1. The molecule has 0 aliphatic rings. The summed E-state index contributed by atoms with van der Waals surface area (Å²) >= 11 is 0. The lowest BCUT2D eigenvalue weighted by Crippen LogP contribution is -2.05. The van der Waals surface area contributed by atoms with Gasteiger partial charge in [-0.1, -0.05) is 153 Å². The second-order valence-electron chi connectivity index (χ2n) is 12.0. The van der Waals surface area contributed by atoms with Crippen LogP contribution in [0, 0.1) is 0 Å². The maximum atomic E-state index is 11.9. The molecule has 0 radical (unpaired) electrons. The van der Waals surface area contributed by atoms with Crippen LogP contribution in [0.2, 0.25) is 0 Å². The first-order valence-electron chi connectivity index (χ1n) is 17.8. The van der Waals surface area contributed by atoms with Gasteiger partial charge >= 0.3 is 11.9 Å². The Bertz CT molecular complexity index is 610. The van der Waals surface area contributed by atoms with Crippen molar-refractivity contribution in [3.05, 3.63) is 24.3 Å².